The molecular weight excluding hydrogens is 488 g/mol. The number of carbonyl (C=O) groups excluding carboxylic acids is 1. The summed E-state index contributed by atoms with van der Waals surface area (Å²) >= 11 is 0. The maximum Gasteiger partial charge on any atom is 0.417 e. The molecule has 1 amide bonds. The summed E-state index contributed by atoms with van der Waals surface area (Å²) in [6, 6.07) is 4.47. The molecule has 1 N–H and O–H groups in total. The average Bonchev–Trinajstić information content (AvgIpc) is 2.82. The second-order valence-corrected chi connectivity index (χ2v) is 8.48. The van der Waals surface area contributed by atoms with Gasteiger partial charge in [-0.25, -0.2) is 28.1 Å². The van der Waals surface area contributed by atoms with Crippen LogP contribution in [0.5, 0.6) is 0 Å². The number of nitrogens with zero attached hydrogens (tertiary/aromatic N) is 4. The Morgan fingerprint density at radius 3 is 2.47 bits per heavy atom. The van der Waals surface area contributed by atoms with Crippen molar-refractivity contribution in [2.45, 2.75) is 37.9 Å². The van der Waals surface area contributed by atoms with Crippen LogP contribution in [-0.4, -0.2) is 50.8 Å². The Balaban J connectivity index is 1.59. The molecule has 0 bridgehead atoms. The molecule has 3 aromatic rings. The lowest BCUT2D eigenvalue weighted by Gasteiger charge is -2.39. The fourth-order valence-corrected chi connectivity index (χ4v) is 3.99. The molecule has 36 heavy (non-hydrogen) atoms. The van der Waals surface area contributed by atoms with Gasteiger partial charge in [-0.05, 0) is 36.8 Å². The average molecular weight is 509 g/mol. The van der Waals surface area contributed by atoms with Gasteiger partial charge in [0.2, 0.25) is 0 Å². The summed E-state index contributed by atoms with van der Waals surface area (Å²) in [6.07, 6.45) is -2.23. The number of carbonyl (C=O) groups is 1. The third kappa shape index (κ3) is 5.74. The standard InChI is InChI=1S/C24H21F6N5O/c1-14-31-10-15(11-32-14)19-4-3-17(25)8-20(19)22(36)35-7-6-23(26,27)9-18(35)13-34-21-5-2-16(12-33-21)24(28,29)30/h2-5,8,10-12,18H,6-7,9,13H2,1H3,(H,33,34)/t18-/m0/s1. The van der Waals surface area contributed by atoms with Gasteiger partial charge in [0.15, 0.2) is 0 Å². The van der Waals surface area contributed by atoms with Crippen molar-refractivity contribution < 1.29 is 31.1 Å². The van der Waals surface area contributed by atoms with E-state index in [2.05, 4.69) is 20.3 Å². The van der Waals surface area contributed by atoms with Crippen LogP contribution in [0, 0.1) is 12.7 Å². The summed E-state index contributed by atoms with van der Waals surface area (Å²) in [5.74, 6) is -3.86. The minimum atomic E-state index is -4.56. The number of piperidine rings is 1. The Hall–Kier alpha value is -3.70. The summed E-state index contributed by atoms with van der Waals surface area (Å²) < 4.78 is 81.0. The number of alkyl halides is 5. The zero-order valence-corrected chi connectivity index (χ0v) is 19.0. The second kappa shape index (κ2) is 9.75. The van der Waals surface area contributed by atoms with E-state index in [-0.39, 0.29) is 24.5 Å². The molecule has 1 saturated heterocycles. The van der Waals surface area contributed by atoms with Crippen LogP contribution in [0.15, 0.2) is 48.9 Å². The summed E-state index contributed by atoms with van der Waals surface area (Å²) in [5, 5.41) is 2.73. The molecular formula is C24H21F6N5O. The molecule has 1 aliphatic rings. The van der Waals surface area contributed by atoms with E-state index in [0.717, 1.165) is 18.2 Å². The van der Waals surface area contributed by atoms with Gasteiger partial charge < -0.3 is 10.2 Å². The first-order valence-electron chi connectivity index (χ1n) is 11.0. The number of nitrogens with one attached hydrogen (secondary N) is 1. The van der Waals surface area contributed by atoms with E-state index in [9.17, 15) is 31.1 Å². The van der Waals surface area contributed by atoms with Crippen molar-refractivity contribution in [2.24, 2.45) is 0 Å². The van der Waals surface area contributed by atoms with E-state index >= 15 is 0 Å². The van der Waals surface area contributed by atoms with Crippen LogP contribution in [-0.2, 0) is 6.18 Å². The van der Waals surface area contributed by atoms with Crippen molar-refractivity contribution in [3.05, 3.63) is 71.7 Å². The van der Waals surface area contributed by atoms with E-state index in [1.165, 1.54) is 29.4 Å². The number of hydrogen-bond donors (Lipinski definition) is 1. The fourth-order valence-electron chi connectivity index (χ4n) is 3.99. The van der Waals surface area contributed by atoms with Gasteiger partial charge in [-0.1, -0.05) is 6.07 Å². The van der Waals surface area contributed by atoms with Gasteiger partial charge in [0.25, 0.3) is 11.8 Å². The number of pyridine rings is 1. The number of likely N-dealkylation sites (tertiary alicyclic amines) is 1. The Bertz CT molecular complexity index is 1230. The monoisotopic (exact) mass is 509 g/mol. The van der Waals surface area contributed by atoms with Gasteiger partial charge in [0, 0.05) is 50.1 Å². The third-order valence-corrected chi connectivity index (χ3v) is 5.87. The SMILES string of the molecule is Cc1ncc(-c2ccc(F)cc2C(=O)N2CCC(F)(F)C[C@H]2CNc2ccc(C(F)(F)F)cn2)cn1. The molecule has 1 aliphatic heterocycles. The second-order valence-electron chi connectivity index (χ2n) is 8.48. The lowest BCUT2D eigenvalue weighted by Crippen LogP contribution is -2.52. The third-order valence-electron chi connectivity index (χ3n) is 5.87. The number of anilines is 1. The quantitative estimate of drug-likeness (QED) is 0.469. The summed E-state index contributed by atoms with van der Waals surface area (Å²) in [7, 11) is 0. The molecule has 2 aromatic heterocycles. The van der Waals surface area contributed by atoms with Gasteiger partial charge in [-0.15, -0.1) is 0 Å². The van der Waals surface area contributed by atoms with Crippen LogP contribution in [0.3, 0.4) is 0 Å². The van der Waals surface area contributed by atoms with E-state index in [4.69, 9.17) is 0 Å². The molecule has 0 saturated carbocycles. The minimum absolute atomic E-state index is 0.0348. The predicted octanol–water partition coefficient (Wildman–Crippen LogP) is 5.36. The highest BCUT2D eigenvalue weighted by Crippen LogP contribution is 2.34. The molecule has 0 aliphatic carbocycles. The van der Waals surface area contributed by atoms with Crippen LogP contribution in [0.2, 0.25) is 0 Å². The van der Waals surface area contributed by atoms with Crippen molar-refractivity contribution >= 4 is 11.7 Å². The normalized spacial score (nSPS) is 17.6. The molecule has 4 rings (SSSR count). The summed E-state index contributed by atoms with van der Waals surface area (Å²) in [5.41, 5.74) is -0.192. The Morgan fingerprint density at radius 2 is 1.83 bits per heavy atom. The predicted molar refractivity (Wildman–Crippen MR) is 119 cm³/mol. The van der Waals surface area contributed by atoms with Gasteiger partial charge in [-0.3, -0.25) is 4.79 Å². The van der Waals surface area contributed by atoms with Crippen molar-refractivity contribution in [3.8, 4) is 11.1 Å². The zero-order chi connectivity index (χ0) is 26.1. The maximum atomic E-state index is 14.3. The molecule has 1 aromatic carbocycles. The molecule has 3 heterocycles. The highest BCUT2D eigenvalue weighted by atomic mass is 19.4. The highest BCUT2D eigenvalue weighted by Gasteiger charge is 2.42. The Morgan fingerprint density at radius 1 is 1.11 bits per heavy atom. The van der Waals surface area contributed by atoms with Crippen LogP contribution in [0.1, 0.15) is 34.6 Å². The topological polar surface area (TPSA) is 71.0 Å². The highest BCUT2D eigenvalue weighted by molar-refractivity contribution is 6.01. The molecule has 0 radical (unpaired) electrons. The number of rotatable bonds is 5. The largest absolute Gasteiger partial charge is 0.417 e. The first kappa shape index (κ1) is 25.4. The fraction of sp³-hybridized carbons (Fsp3) is 0.333. The first-order chi connectivity index (χ1) is 16.9. The minimum Gasteiger partial charge on any atom is -0.368 e. The van der Waals surface area contributed by atoms with Crippen LogP contribution in [0.25, 0.3) is 11.1 Å². The molecule has 1 atom stereocenters. The van der Waals surface area contributed by atoms with Crippen molar-refractivity contribution in [3.63, 3.8) is 0 Å². The van der Waals surface area contributed by atoms with E-state index in [1.54, 1.807) is 6.92 Å². The van der Waals surface area contributed by atoms with E-state index in [0.29, 0.717) is 23.1 Å². The van der Waals surface area contributed by atoms with Crippen LogP contribution < -0.4 is 5.32 Å². The van der Waals surface area contributed by atoms with Gasteiger partial charge in [0.1, 0.15) is 17.5 Å². The first-order valence-corrected chi connectivity index (χ1v) is 11.0. The van der Waals surface area contributed by atoms with Gasteiger partial charge in [-0.2, -0.15) is 13.2 Å². The molecule has 0 unspecified atom stereocenters. The molecule has 1 fully saturated rings. The molecule has 6 nitrogen and oxygen atoms in total. The summed E-state index contributed by atoms with van der Waals surface area (Å²) in [4.78, 5) is 26.6. The van der Waals surface area contributed by atoms with Crippen LogP contribution in [0.4, 0.5) is 32.2 Å². The number of aryl methyl sites for hydroxylation is 1. The van der Waals surface area contributed by atoms with E-state index in [1.807, 2.05) is 0 Å². The van der Waals surface area contributed by atoms with Gasteiger partial charge >= 0.3 is 6.18 Å². The number of amides is 1. The molecule has 0 spiro atoms. The molecule has 190 valence electrons. The van der Waals surface area contributed by atoms with E-state index < -0.39 is 48.3 Å². The maximum absolute atomic E-state index is 14.3. The van der Waals surface area contributed by atoms with Gasteiger partial charge in [0.05, 0.1) is 17.2 Å². The lowest BCUT2D eigenvalue weighted by atomic mass is 9.95. The smallest absolute Gasteiger partial charge is 0.368 e. The summed E-state index contributed by atoms with van der Waals surface area (Å²) in [6.45, 7) is 1.19. The van der Waals surface area contributed by atoms with Crippen molar-refractivity contribution in [1.82, 2.24) is 19.9 Å². The number of halogens is 6. The van der Waals surface area contributed by atoms with Crippen molar-refractivity contribution in [1.29, 1.82) is 0 Å². The zero-order valence-electron chi connectivity index (χ0n) is 19.0. The Kier molecular flexibility index (Phi) is 6.87. The Labute approximate surface area is 202 Å². The number of hydrogen-bond acceptors (Lipinski definition) is 5. The van der Waals surface area contributed by atoms with Crippen molar-refractivity contribution in [2.75, 3.05) is 18.4 Å². The van der Waals surface area contributed by atoms with Crippen LogP contribution >= 0.6 is 0 Å². The number of aromatic nitrogens is 3. The lowest BCUT2D eigenvalue weighted by molar-refractivity contribution is -0.137. The number of benzene rings is 1. The molecule has 12 heteroatoms.